The lowest BCUT2D eigenvalue weighted by Gasteiger charge is -2.04. The van der Waals surface area contributed by atoms with Crippen LogP contribution in [0.15, 0.2) is 23.8 Å². The van der Waals surface area contributed by atoms with Crippen LogP contribution in [-0.2, 0) is 6.54 Å². The molecule has 2 aromatic rings. The van der Waals surface area contributed by atoms with Crippen LogP contribution >= 0.6 is 11.3 Å². The Kier molecular flexibility index (Phi) is 3.15. The second-order valence-corrected chi connectivity index (χ2v) is 4.18. The van der Waals surface area contributed by atoms with E-state index < -0.39 is 4.92 Å². The predicted molar refractivity (Wildman–Crippen MR) is 64.7 cm³/mol. The highest BCUT2D eigenvalue weighted by atomic mass is 32.1. The minimum atomic E-state index is -0.504. The Morgan fingerprint density at radius 1 is 1.53 bits per heavy atom. The minimum absolute atomic E-state index is 0.0793. The number of hydrogen-bond donors (Lipinski definition) is 2. The molecule has 0 fully saturated rings. The van der Waals surface area contributed by atoms with Gasteiger partial charge in [0.25, 0.3) is 5.69 Å². The van der Waals surface area contributed by atoms with Crippen molar-refractivity contribution >= 4 is 28.7 Å². The van der Waals surface area contributed by atoms with Gasteiger partial charge in [-0.1, -0.05) is 0 Å². The second-order valence-electron chi connectivity index (χ2n) is 3.21. The Morgan fingerprint density at radius 3 is 3.00 bits per heavy atom. The average Bonchev–Trinajstić information content (AvgIpc) is 2.78. The molecule has 88 valence electrons. The lowest BCUT2D eigenvalue weighted by molar-refractivity contribution is -0.384. The topological polar surface area (TPSA) is 107 Å². The lowest BCUT2D eigenvalue weighted by atomic mass is 10.3. The summed E-state index contributed by atoms with van der Waals surface area (Å²) in [7, 11) is 0. The van der Waals surface area contributed by atoms with E-state index in [9.17, 15) is 10.1 Å². The zero-order valence-corrected chi connectivity index (χ0v) is 9.48. The molecule has 0 atom stereocenters. The average molecular weight is 251 g/mol. The van der Waals surface area contributed by atoms with Crippen LogP contribution in [0.25, 0.3) is 0 Å². The molecular weight excluding hydrogens is 242 g/mol. The fourth-order valence-electron chi connectivity index (χ4n) is 1.24. The molecule has 8 heteroatoms. The van der Waals surface area contributed by atoms with Gasteiger partial charge in [-0.2, -0.15) is 0 Å². The number of nitrogens with one attached hydrogen (secondary N) is 1. The molecule has 2 aromatic heterocycles. The fourth-order valence-corrected chi connectivity index (χ4v) is 1.77. The van der Waals surface area contributed by atoms with Crippen molar-refractivity contribution in [3.05, 3.63) is 38.8 Å². The normalized spacial score (nSPS) is 10.1. The first-order valence-corrected chi connectivity index (χ1v) is 5.56. The van der Waals surface area contributed by atoms with Crippen LogP contribution in [0.4, 0.5) is 17.3 Å². The summed E-state index contributed by atoms with van der Waals surface area (Å²) in [4.78, 5) is 19.0. The number of nitrogens with zero attached hydrogens (tertiary/aromatic N) is 3. The molecule has 0 amide bonds. The number of aromatic nitrogens is 2. The van der Waals surface area contributed by atoms with Gasteiger partial charge in [-0.15, -0.1) is 11.3 Å². The number of thiazole rings is 1. The molecule has 3 N–H and O–H groups in total. The smallest absolute Gasteiger partial charge is 0.276 e. The van der Waals surface area contributed by atoms with Gasteiger partial charge in [-0.25, -0.2) is 4.98 Å². The zero-order chi connectivity index (χ0) is 12.3. The summed E-state index contributed by atoms with van der Waals surface area (Å²) < 4.78 is 0. The maximum Gasteiger partial charge on any atom is 0.276 e. The zero-order valence-electron chi connectivity index (χ0n) is 8.66. The predicted octanol–water partition coefficient (Wildman–Crippen LogP) is 1.64. The van der Waals surface area contributed by atoms with Gasteiger partial charge in [0.2, 0.25) is 0 Å². The summed E-state index contributed by atoms with van der Waals surface area (Å²) in [6, 6.07) is 2.56. The number of rotatable bonds is 4. The van der Waals surface area contributed by atoms with E-state index in [1.807, 2.05) is 0 Å². The molecule has 0 aliphatic carbocycles. The summed E-state index contributed by atoms with van der Waals surface area (Å²) in [5.41, 5.74) is 7.12. The van der Waals surface area contributed by atoms with Crippen molar-refractivity contribution in [3.8, 4) is 0 Å². The van der Waals surface area contributed by atoms with Crippen molar-refractivity contribution in [2.75, 3.05) is 11.1 Å². The van der Waals surface area contributed by atoms with E-state index in [1.54, 1.807) is 11.7 Å². The largest absolute Gasteiger partial charge is 0.383 e. The van der Waals surface area contributed by atoms with Crippen molar-refractivity contribution in [2.24, 2.45) is 0 Å². The molecule has 2 rings (SSSR count). The maximum atomic E-state index is 10.6. The fraction of sp³-hybridized carbons (Fsp3) is 0.111. The van der Waals surface area contributed by atoms with Crippen LogP contribution in [0, 0.1) is 10.1 Å². The van der Waals surface area contributed by atoms with E-state index >= 15 is 0 Å². The summed E-state index contributed by atoms with van der Waals surface area (Å²) in [6.45, 7) is 0.512. The van der Waals surface area contributed by atoms with Crippen molar-refractivity contribution in [3.63, 3.8) is 0 Å². The van der Waals surface area contributed by atoms with Gasteiger partial charge in [0, 0.05) is 11.1 Å². The lowest BCUT2D eigenvalue weighted by Crippen LogP contribution is -2.03. The van der Waals surface area contributed by atoms with Gasteiger partial charge in [-0.3, -0.25) is 15.1 Å². The first-order valence-electron chi connectivity index (χ1n) is 4.68. The summed E-state index contributed by atoms with van der Waals surface area (Å²) in [6.07, 6.45) is 1.72. The third-order valence-electron chi connectivity index (χ3n) is 1.97. The Bertz CT molecular complexity index is 528. The highest BCUT2D eigenvalue weighted by molar-refractivity contribution is 7.09. The molecular formula is C9H9N5O2S. The van der Waals surface area contributed by atoms with Gasteiger partial charge >= 0.3 is 0 Å². The molecule has 0 saturated carbocycles. The summed E-state index contributed by atoms with van der Waals surface area (Å²) in [5, 5.41) is 13.6. The molecule has 2 heterocycles. The molecule has 0 aliphatic rings. The number of hydrogen-bond acceptors (Lipinski definition) is 7. The van der Waals surface area contributed by atoms with E-state index in [2.05, 4.69) is 15.3 Å². The Balaban J connectivity index is 2.13. The summed E-state index contributed by atoms with van der Waals surface area (Å²) >= 11 is 1.49. The van der Waals surface area contributed by atoms with Crippen LogP contribution in [0.3, 0.4) is 0 Å². The van der Waals surface area contributed by atoms with Crippen molar-refractivity contribution in [2.45, 2.75) is 6.54 Å². The van der Waals surface area contributed by atoms with Crippen LogP contribution < -0.4 is 11.1 Å². The van der Waals surface area contributed by atoms with E-state index in [-0.39, 0.29) is 11.5 Å². The SMILES string of the molecule is Nc1cc([N+](=O)[O-])cc(NCc2cncs2)n1. The monoisotopic (exact) mass is 251 g/mol. The number of anilines is 2. The molecule has 0 spiro atoms. The first-order chi connectivity index (χ1) is 8.15. The molecule has 0 bridgehead atoms. The van der Waals surface area contributed by atoms with Gasteiger partial charge in [0.05, 0.1) is 29.1 Å². The van der Waals surface area contributed by atoms with Crippen LogP contribution in [-0.4, -0.2) is 14.9 Å². The number of nitro groups is 1. The van der Waals surface area contributed by atoms with E-state index in [1.165, 1.54) is 23.5 Å². The van der Waals surface area contributed by atoms with Crippen LogP contribution in [0.1, 0.15) is 4.88 Å². The van der Waals surface area contributed by atoms with E-state index in [0.29, 0.717) is 12.4 Å². The van der Waals surface area contributed by atoms with Gasteiger partial charge in [0.15, 0.2) is 0 Å². The van der Waals surface area contributed by atoms with Crippen LogP contribution in [0.2, 0.25) is 0 Å². The Labute approximate surface area is 100 Å². The molecule has 17 heavy (non-hydrogen) atoms. The third kappa shape index (κ3) is 2.88. The molecule has 0 unspecified atom stereocenters. The standard InChI is InChI=1S/C9H9N5O2S/c10-8-1-6(14(15)16)2-9(13-8)12-4-7-3-11-5-17-7/h1-3,5H,4H2,(H3,10,12,13). The van der Waals surface area contributed by atoms with Crippen molar-refractivity contribution in [1.82, 2.24) is 9.97 Å². The van der Waals surface area contributed by atoms with Crippen molar-refractivity contribution in [1.29, 1.82) is 0 Å². The Hall–Kier alpha value is -2.22. The highest BCUT2D eigenvalue weighted by Crippen LogP contribution is 2.19. The quantitative estimate of drug-likeness (QED) is 0.631. The van der Waals surface area contributed by atoms with Gasteiger partial charge in [0.1, 0.15) is 11.6 Å². The Morgan fingerprint density at radius 2 is 2.35 bits per heavy atom. The van der Waals surface area contributed by atoms with E-state index in [4.69, 9.17) is 5.73 Å². The molecule has 7 nitrogen and oxygen atoms in total. The van der Waals surface area contributed by atoms with Gasteiger partial charge < -0.3 is 11.1 Å². The maximum absolute atomic E-state index is 10.6. The van der Waals surface area contributed by atoms with Crippen LogP contribution in [0.5, 0.6) is 0 Å². The second kappa shape index (κ2) is 4.74. The minimum Gasteiger partial charge on any atom is -0.383 e. The number of nitrogen functional groups attached to an aromatic ring is 1. The molecule has 0 aromatic carbocycles. The molecule has 0 saturated heterocycles. The number of nitrogens with two attached hydrogens (primary N) is 1. The third-order valence-corrected chi connectivity index (χ3v) is 2.75. The number of pyridine rings is 1. The van der Waals surface area contributed by atoms with E-state index in [0.717, 1.165) is 4.88 Å². The molecule has 0 aliphatic heterocycles. The molecule has 0 radical (unpaired) electrons. The van der Waals surface area contributed by atoms with Gasteiger partial charge in [-0.05, 0) is 0 Å². The summed E-state index contributed by atoms with van der Waals surface area (Å²) in [5.74, 6) is 0.496. The first kappa shape index (κ1) is 11.3. The highest BCUT2D eigenvalue weighted by Gasteiger charge is 2.09. The van der Waals surface area contributed by atoms with Crippen molar-refractivity contribution < 1.29 is 4.92 Å².